The molecule has 0 aliphatic carbocycles. The van der Waals surface area contributed by atoms with Crippen LogP contribution in [0.3, 0.4) is 0 Å². The first-order chi connectivity index (χ1) is 7.65. The first-order valence-electron chi connectivity index (χ1n) is 5.35. The monoisotopic (exact) mass is 216 g/mol. The van der Waals surface area contributed by atoms with Crippen molar-refractivity contribution in [3.05, 3.63) is 47.0 Å². The van der Waals surface area contributed by atoms with Crippen LogP contribution in [0.2, 0.25) is 0 Å². The zero-order chi connectivity index (χ0) is 12.0. The lowest BCUT2D eigenvalue weighted by molar-refractivity contribution is -0.105. The van der Waals surface area contributed by atoms with Crippen LogP contribution < -0.4 is 0 Å². The molecule has 0 bridgehead atoms. The highest BCUT2D eigenvalue weighted by Gasteiger charge is 2.06. The van der Waals surface area contributed by atoms with Gasteiger partial charge in [0.25, 0.3) is 0 Å². The van der Waals surface area contributed by atoms with E-state index in [0.29, 0.717) is 18.4 Å². The Bertz CT molecular complexity index is 398. The Kier molecular flexibility index (Phi) is 4.65. The van der Waals surface area contributed by atoms with Crippen molar-refractivity contribution in [2.45, 2.75) is 26.7 Å². The van der Waals surface area contributed by atoms with E-state index >= 15 is 0 Å². The second kappa shape index (κ2) is 6.01. The highest BCUT2D eigenvalue weighted by Crippen LogP contribution is 2.11. The molecule has 0 aromatic heterocycles. The van der Waals surface area contributed by atoms with E-state index in [4.69, 9.17) is 0 Å². The molecule has 0 heterocycles. The second-order valence-electron chi connectivity index (χ2n) is 3.93. The fourth-order valence-electron chi connectivity index (χ4n) is 1.44. The summed E-state index contributed by atoms with van der Waals surface area (Å²) in [5.74, 6) is 0.0844. The van der Waals surface area contributed by atoms with E-state index in [1.54, 1.807) is 12.1 Å². The van der Waals surface area contributed by atoms with Gasteiger partial charge < -0.3 is 0 Å². The van der Waals surface area contributed by atoms with E-state index in [1.165, 1.54) is 0 Å². The van der Waals surface area contributed by atoms with Gasteiger partial charge in [0, 0.05) is 12.0 Å². The van der Waals surface area contributed by atoms with E-state index in [2.05, 4.69) is 0 Å². The molecule has 0 N–H and O–H groups in total. The van der Waals surface area contributed by atoms with Crippen molar-refractivity contribution >= 4 is 12.1 Å². The minimum absolute atomic E-state index is 0.0844. The van der Waals surface area contributed by atoms with Gasteiger partial charge in [-0.2, -0.15) is 0 Å². The number of allylic oxidation sites excluding steroid dienone is 2. The summed E-state index contributed by atoms with van der Waals surface area (Å²) in [6, 6.07) is 9.16. The van der Waals surface area contributed by atoms with Gasteiger partial charge in [0.2, 0.25) is 0 Å². The summed E-state index contributed by atoms with van der Waals surface area (Å²) in [6.45, 7) is 3.77. The maximum atomic E-state index is 11.7. The quantitative estimate of drug-likeness (QED) is 0.430. The maximum absolute atomic E-state index is 11.7. The van der Waals surface area contributed by atoms with E-state index in [0.717, 1.165) is 17.4 Å². The topological polar surface area (TPSA) is 34.1 Å². The molecule has 0 aliphatic heterocycles. The first-order valence-corrected chi connectivity index (χ1v) is 5.35. The fourth-order valence-corrected chi connectivity index (χ4v) is 1.44. The third-order valence-electron chi connectivity index (χ3n) is 2.50. The minimum Gasteiger partial charge on any atom is -0.298 e. The van der Waals surface area contributed by atoms with Crippen LogP contribution in [-0.4, -0.2) is 12.1 Å². The summed E-state index contributed by atoms with van der Waals surface area (Å²) < 4.78 is 0. The van der Waals surface area contributed by atoms with E-state index < -0.39 is 0 Å². The van der Waals surface area contributed by atoms with Crippen LogP contribution in [0.25, 0.3) is 0 Å². The molecule has 2 heteroatoms. The average Bonchev–Trinajstić information content (AvgIpc) is 2.30. The summed E-state index contributed by atoms with van der Waals surface area (Å²) in [5.41, 5.74) is 2.42. The Morgan fingerprint density at radius 2 is 1.75 bits per heavy atom. The van der Waals surface area contributed by atoms with Crippen molar-refractivity contribution in [1.29, 1.82) is 0 Å². The molecular weight excluding hydrogens is 200 g/mol. The standard InChI is InChI=1S/C14H16O2/c1-11(2)13(10-15)8-9-14(16)12-6-4-3-5-7-12/h3-7,10H,8-9H2,1-2H3. The molecule has 1 rings (SSSR count). The number of benzene rings is 1. The molecule has 0 saturated carbocycles. The fraction of sp³-hybridized carbons (Fsp3) is 0.286. The number of Topliss-reactive ketones (excluding diaryl/α,β-unsaturated/α-hetero) is 1. The number of carbonyl (C=O) groups is 2. The van der Waals surface area contributed by atoms with Crippen molar-refractivity contribution in [1.82, 2.24) is 0 Å². The lowest BCUT2D eigenvalue weighted by atomic mass is 10.0. The molecule has 1 aromatic rings. The third-order valence-corrected chi connectivity index (χ3v) is 2.50. The number of ketones is 1. The second-order valence-corrected chi connectivity index (χ2v) is 3.93. The molecule has 0 saturated heterocycles. The predicted molar refractivity (Wildman–Crippen MR) is 64.4 cm³/mol. The van der Waals surface area contributed by atoms with Gasteiger partial charge in [-0.25, -0.2) is 0 Å². The molecule has 0 radical (unpaired) electrons. The Morgan fingerprint density at radius 1 is 1.12 bits per heavy atom. The Balaban J connectivity index is 2.61. The predicted octanol–water partition coefficient (Wildman–Crippen LogP) is 3.18. The molecule has 0 fully saturated rings. The van der Waals surface area contributed by atoms with Crippen molar-refractivity contribution in [2.75, 3.05) is 0 Å². The van der Waals surface area contributed by atoms with Gasteiger partial charge in [0.15, 0.2) is 5.78 Å². The van der Waals surface area contributed by atoms with Crippen LogP contribution >= 0.6 is 0 Å². The molecule has 0 atom stereocenters. The van der Waals surface area contributed by atoms with Gasteiger partial charge in [-0.3, -0.25) is 9.59 Å². The zero-order valence-electron chi connectivity index (χ0n) is 9.69. The lowest BCUT2D eigenvalue weighted by Gasteiger charge is -2.02. The zero-order valence-corrected chi connectivity index (χ0v) is 9.69. The average molecular weight is 216 g/mol. The van der Waals surface area contributed by atoms with Crippen LogP contribution in [0.15, 0.2) is 41.5 Å². The molecular formula is C14H16O2. The van der Waals surface area contributed by atoms with E-state index in [-0.39, 0.29) is 5.78 Å². The Morgan fingerprint density at radius 3 is 2.25 bits per heavy atom. The van der Waals surface area contributed by atoms with Crippen molar-refractivity contribution in [2.24, 2.45) is 0 Å². The Labute approximate surface area is 96.0 Å². The molecule has 0 aliphatic rings. The molecule has 16 heavy (non-hydrogen) atoms. The van der Waals surface area contributed by atoms with Crippen LogP contribution in [0.1, 0.15) is 37.0 Å². The first kappa shape index (κ1) is 12.4. The summed E-state index contributed by atoms with van der Waals surface area (Å²) in [5, 5.41) is 0. The summed E-state index contributed by atoms with van der Waals surface area (Å²) in [7, 11) is 0. The van der Waals surface area contributed by atoms with Crippen LogP contribution in [0.5, 0.6) is 0 Å². The van der Waals surface area contributed by atoms with E-state index in [9.17, 15) is 9.59 Å². The van der Waals surface area contributed by atoms with Crippen molar-refractivity contribution in [3.8, 4) is 0 Å². The smallest absolute Gasteiger partial charge is 0.163 e. The van der Waals surface area contributed by atoms with Crippen LogP contribution in [-0.2, 0) is 4.79 Å². The number of aldehydes is 1. The lowest BCUT2D eigenvalue weighted by Crippen LogP contribution is -2.00. The molecule has 0 unspecified atom stereocenters. The SMILES string of the molecule is CC(C)=C(C=O)CCC(=O)c1ccccc1. The van der Waals surface area contributed by atoms with Crippen LogP contribution in [0.4, 0.5) is 0 Å². The van der Waals surface area contributed by atoms with Crippen molar-refractivity contribution < 1.29 is 9.59 Å². The highest BCUT2D eigenvalue weighted by atomic mass is 16.1. The van der Waals surface area contributed by atoms with Gasteiger partial charge in [-0.15, -0.1) is 0 Å². The summed E-state index contributed by atoms with van der Waals surface area (Å²) in [6.07, 6.45) is 1.76. The largest absolute Gasteiger partial charge is 0.298 e. The van der Waals surface area contributed by atoms with Gasteiger partial charge in [-0.1, -0.05) is 35.9 Å². The normalized spacial score (nSPS) is 9.62. The number of hydrogen-bond donors (Lipinski definition) is 0. The number of hydrogen-bond acceptors (Lipinski definition) is 2. The molecule has 84 valence electrons. The Hall–Kier alpha value is -1.70. The van der Waals surface area contributed by atoms with Gasteiger partial charge in [0.05, 0.1) is 0 Å². The van der Waals surface area contributed by atoms with E-state index in [1.807, 2.05) is 32.0 Å². The molecule has 1 aromatic carbocycles. The van der Waals surface area contributed by atoms with Gasteiger partial charge in [-0.05, 0) is 25.8 Å². The van der Waals surface area contributed by atoms with Crippen molar-refractivity contribution in [3.63, 3.8) is 0 Å². The van der Waals surface area contributed by atoms with Gasteiger partial charge >= 0.3 is 0 Å². The third kappa shape index (κ3) is 3.46. The van der Waals surface area contributed by atoms with Crippen LogP contribution in [0, 0.1) is 0 Å². The highest BCUT2D eigenvalue weighted by molar-refractivity contribution is 5.96. The molecule has 0 spiro atoms. The van der Waals surface area contributed by atoms with Gasteiger partial charge in [0.1, 0.15) is 6.29 Å². The summed E-state index contributed by atoms with van der Waals surface area (Å²) >= 11 is 0. The number of carbonyl (C=O) groups excluding carboxylic acids is 2. The maximum Gasteiger partial charge on any atom is 0.163 e. The minimum atomic E-state index is 0.0844. The molecule has 0 amide bonds. The molecule has 2 nitrogen and oxygen atoms in total. The summed E-state index contributed by atoms with van der Waals surface area (Å²) in [4.78, 5) is 22.5. The number of rotatable bonds is 5.